The molecule has 3 atom stereocenters. The van der Waals surface area contributed by atoms with Gasteiger partial charge in [0, 0.05) is 17.7 Å². The molecule has 0 heterocycles. The van der Waals surface area contributed by atoms with Crippen LogP contribution in [0.1, 0.15) is 45.2 Å². The van der Waals surface area contributed by atoms with E-state index in [1.807, 2.05) is 13.8 Å². The van der Waals surface area contributed by atoms with E-state index in [4.69, 9.17) is 0 Å². The molecule has 0 bridgehead atoms. The zero-order valence-corrected chi connectivity index (χ0v) is 11.8. The van der Waals surface area contributed by atoms with Crippen molar-refractivity contribution in [2.45, 2.75) is 45.8 Å². The Labute approximate surface area is 113 Å². The van der Waals surface area contributed by atoms with Gasteiger partial charge in [0.1, 0.15) is 11.6 Å². The highest BCUT2D eigenvalue weighted by molar-refractivity contribution is 5.22. The fraction of sp³-hybridized carbons (Fsp3) is 0.600. The van der Waals surface area contributed by atoms with Crippen molar-refractivity contribution < 1.29 is 13.9 Å². The average Bonchev–Trinajstić information content (AvgIpc) is 2.31. The van der Waals surface area contributed by atoms with Gasteiger partial charge in [0.05, 0.1) is 6.10 Å². The number of hydrogen-bond acceptors (Lipinski definition) is 2. The molecule has 1 aromatic rings. The fourth-order valence-electron chi connectivity index (χ4n) is 2.27. The SMILES string of the molecule is CCC(NCC(C)CC(C)O)c1ccc(F)cc1F. The summed E-state index contributed by atoms with van der Waals surface area (Å²) >= 11 is 0. The number of rotatable bonds is 7. The molecular formula is C15H23F2NO. The van der Waals surface area contributed by atoms with Crippen LogP contribution in [0.5, 0.6) is 0 Å². The van der Waals surface area contributed by atoms with Crippen molar-refractivity contribution in [3.8, 4) is 0 Å². The van der Waals surface area contributed by atoms with Gasteiger partial charge < -0.3 is 10.4 Å². The molecule has 3 unspecified atom stereocenters. The molecule has 2 nitrogen and oxygen atoms in total. The monoisotopic (exact) mass is 271 g/mol. The molecule has 0 radical (unpaired) electrons. The summed E-state index contributed by atoms with van der Waals surface area (Å²) in [5.41, 5.74) is 0.494. The molecule has 0 aliphatic rings. The summed E-state index contributed by atoms with van der Waals surface area (Å²) in [5.74, 6) is -0.765. The topological polar surface area (TPSA) is 32.3 Å². The van der Waals surface area contributed by atoms with Gasteiger partial charge in [-0.25, -0.2) is 8.78 Å². The van der Waals surface area contributed by atoms with E-state index in [0.29, 0.717) is 24.4 Å². The first-order valence-corrected chi connectivity index (χ1v) is 6.80. The van der Waals surface area contributed by atoms with Crippen molar-refractivity contribution in [3.63, 3.8) is 0 Å². The van der Waals surface area contributed by atoms with Gasteiger partial charge in [-0.3, -0.25) is 0 Å². The van der Waals surface area contributed by atoms with E-state index >= 15 is 0 Å². The highest BCUT2D eigenvalue weighted by Gasteiger charge is 2.15. The smallest absolute Gasteiger partial charge is 0.130 e. The van der Waals surface area contributed by atoms with Gasteiger partial charge in [-0.1, -0.05) is 19.9 Å². The number of hydrogen-bond donors (Lipinski definition) is 2. The summed E-state index contributed by atoms with van der Waals surface area (Å²) in [7, 11) is 0. The molecule has 0 saturated carbocycles. The van der Waals surface area contributed by atoms with Crippen LogP contribution in [-0.2, 0) is 0 Å². The number of nitrogens with one attached hydrogen (secondary N) is 1. The van der Waals surface area contributed by atoms with Crippen LogP contribution in [0, 0.1) is 17.6 Å². The van der Waals surface area contributed by atoms with Crippen molar-refractivity contribution in [3.05, 3.63) is 35.4 Å². The predicted molar refractivity (Wildman–Crippen MR) is 72.9 cm³/mol. The summed E-state index contributed by atoms with van der Waals surface area (Å²) < 4.78 is 26.6. The second kappa shape index (κ2) is 7.56. The summed E-state index contributed by atoms with van der Waals surface area (Å²) in [6, 6.07) is 3.56. The van der Waals surface area contributed by atoms with Crippen LogP contribution in [-0.4, -0.2) is 17.8 Å². The normalized spacial score (nSPS) is 16.1. The molecule has 1 aromatic carbocycles. The molecule has 2 N–H and O–H groups in total. The van der Waals surface area contributed by atoms with E-state index in [0.717, 1.165) is 12.5 Å². The van der Waals surface area contributed by atoms with Crippen molar-refractivity contribution in [1.29, 1.82) is 0 Å². The van der Waals surface area contributed by atoms with E-state index in [1.165, 1.54) is 12.1 Å². The molecule has 19 heavy (non-hydrogen) atoms. The lowest BCUT2D eigenvalue weighted by Crippen LogP contribution is -2.28. The second-order valence-electron chi connectivity index (χ2n) is 5.22. The van der Waals surface area contributed by atoms with Crippen LogP contribution in [0.25, 0.3) is 0 Å². The summed E-state index contributed by atoms with van der Waals surface area (Å²) in [6.45, 7) is 6.45. The third kappa shape index (κ3) is 5.25. The standard InChI is InChI=1S/C15H23F2NO/c1-4-15(18-9-10(2)7-11(3)19)13-6-5-12(16)8-14(13)17/h5-6,8,10-11,15,18-19H,4,7,9H2,1-3H3. The Morgan fingerprint density at radius 3 is 2.47 bits per heavy atom. The Kier molecular flexibility index (Phi) is 6.38. The molecule has 108 valence electrons. The third-order valence-corrected chi connectivity index (χ3v) is 3.20. The molecule has 0 aliphatic heterocycles. The molecule has 0 aliphatic carbocycles. The first-order valence-electron chi connectivity index (χ1n) is 6.80. The van der Waals surface area contributed by atoms with Crippen LogP contribution >= 0.6 is 0 Å². The molecule has 1 rings (SSSR count). The Balaban J connectivity index is 2.63. The molecule has 0 spiro atoms. The van der Waals surface area contributed by atoms with Crippen LogP contribution in [0.3, 0.4) is 0 Å². The molecule has 0 saturated heterocycles. The van der Waals surface area contributed by atoms with Crippen molar-refractivity contribution in [1.82, 2.24) is 5.32 Å². The zero-order chi connectivity index (χ0) is 14.4. The van der Waals surface area contributed by atoms with Gasteiger partial charge in [0.15, 0.2) is 0 Å². The Morgan fingerprint density at radius 1 is 1.26 bits per heavy atom. The maximum absolute atomic E-state index is 13.7. The van der Waals surface area contributed by atoms with E-state index in [9.17, 15) is 13.9 Å². The number of aliphatic hydroxyl groups is 1. The summed E-state index contributed by atoms with van der Waals surface area (Å²) in [6.07, 6.45) is 1.10. The van der Waals surface area contributed by atoms with E-state index in [2.05, 4.69) is 5.32 Å². The van der Waals surface area contributed by atoms with Crippen molar-refractivity contribution >= 4 is 0 Å². The lowest BCUT2D eigenvalue weighted by molar-refractivity contribution is 0.162. The Morgan fingerprint density at radius 2 is 1.95 bits per heavy atom. The molecule has 4 heteroatoms. The van der Waals surface area contributed by atoms with Gasteiger partial charge in [0.2, 0.25) is 0 Å². The number of halogens is 2. The second-order valence-corrected chi connectivity index (χ2v) is 5.22. The van der Waals surface area contributed by atoms with Gasteiger partial charge in [0.25, 0.3) is 0 Å². The molecule has 0 aromatic heterocycles. The average molecular weight is 271 g/mol. The van der Waals surface area contributed by atoms with E-state index < -0.39 is 11.6 Å². The summed E-state index contributed by atoms with van der Waals surface area (Å²) in [4.78, 5) is 0. The third-order valence-electron chi connectivity index (χ3n) is 3.20. The van der Waals surface area contributed by atoms with Gasteiger partial charge in [-0.15, -0.1) is 0 Å². The maximum atomic E-state index is 13.7. The molecule has 0 amide bonds. The lowest BCUT2D eigenvalue weighted by atomic mass is 10.0. The lowest BCUT2D eigenvalue weighted by Gasteiger charge is -2.21. The maximum Gasteiger partial charge on any atom is 0.130 e. The number of benzene rings is 1. The predicted octanol–water partition coefficient (Wildman–Crippen LogP) is 3.41. The zero-order valence-electron chi connectivity index (χ0n) is 11.8. The van der Waals surface area contributed by atoms with E-state index in [-0.39, 0.29) is 12.1 Å². The van der Waals surface area contributed by atoms with Crippen molar-refractivity contribution in [2.24, 2.45) is 5.92 Å². The fourth-order valence-corrected chi connectivity index (χ4v) is 2.27. The van der Waals surface area contributed by atoms with Gasteiger partial charge in [-0.2, -0.15) is 0 Å². The quantitative estimate of drug-likeness (QED) is 0.796. The Bertz CT molecular complexity index is 396. The van der Waals surface area contributed by atoms with Crippen LogP contribution in [0.15, 0.2) is 18.2 Å². The first kappa shape index (κ1) is 16.1. The number of aliphatic hydroxyl groups excluding tert-OH is 1. The minimum Gasteiger partial charge on any atom is -0.393 e. The summed E-state index contributed by atoms with van der Waals surface area (Å²) in [5, 5.41) is 12.6. The van der Waals surface area contributed by atoms with Crippen LogP contribution in [0.4, 0.5) is 8.78 Å². The minimum absolute atomic E-state index is 0.128. The van der Waals surface area contributed by atoms with E-state index in [1.54, 1.807) is 6.92 Å². The van der Waals surface area contributed by atoms with Gasteiger partial charge in [-0.05, 0) is 38.3 Å². The Hall–Kier alpha value is -1.00. The molecular weight excluding hydrogens is 248 g/mol. The van der Waals surface area contributed by atoms with Crippen LogP contribution < -0.4 is 5.32 Å². The first-order chi connectivity index (χ1) is 8.93. The van der Waals surface area contributed by atoms with Gasteiger partial charge >= 0.3 is 0 Å². The van der Waals surface area contributed by atoms with Crippen LogP contribution in [0.2, 0.25) is 0 Å². The molecule has 0 fully saturated rings. The largest absolute Gasteiger partial charge is 0.393 e. The highest BCUT2D eigenvalue weighted by Crippen LogP contribution is 2.21. The minimum atomic E-state index is -0.557. The van der Waals surface area contributed by atoms with Crippen molar-refractivity contribution in [2.75, 3.05) is 6.54 Å². The highest BCUT2D eigenvalue weighted by atomic mass is 19.1.